The first-order valence-corrected chi connectivity index (χ1v) is 8.69. The number of amides is 1. The Morgan fingerprint density at radius 3 is 2.96 bits per heavy atom. The fraction of sp³-hybridized carbons (Fsp3) is 0.526. The summed E-state index contributed by atoms with van der Waals surface area (Å²) in [7, 11) is 1.60. The highest BCUT2D eigenvalue weighted by Crippen LogP contribution is 2.40. The summed E-state index contributed by atoms with van der Waals surface area (Å²) >= 11 is 0. The van der Waals surface area contributed by atoms with E-state index in [1.165, 1.54) is 6.42 Å². The van der Waals surface area contributed by atoms with Crippen molar-refractivity contribution in [1.82, 2.24) is 4.90 Å². The van der Waals surface area contributed by atoms with E-state index in [-0.39, 0.29) is 5.91 Å². The van der Waals surface area contributed by atoms with Crippen LogP contribution in [0.3, 0.4) is 0 Å². The first kappa shape index (κ1) is 16.7. The molecule has 1 atom stereocenters. The third-order valence-corrected chi connectivity index (χ3v) is 4.65. The SMILES string of the molecule is CCC1CCCCN1C(=O)/C=C/c1cc(OC)c2c(c1)OCCO2. The zero-order valence-corrected chi connectivity index (χ0v) is 14.4. The Labute approximate surface area is 143 Å². The number of piperidine rings is 1. The molecule has 5 nitrogen and oxygen atoms in total. The van der Waals surface area contributed by atoms with Crippen molar-refractivity contribution >= 4 is 12.0 Å². The number of hydrogen-bond donors (Lipinski definition) is 0. The van der Waals surface area contributed by atoms with E-state index >= 15 is 0 Å². The van der Waals surface area contributed by atoms with Gasteiger partial charge >= 0.3 is 0 Å². The number of benzene rings is 1. The predicted octanol–water partition coefficient (Wildman–Crippen LogP) is 3.27. The maximum atomic E-state index is 12.5. The van der Waals surface area contributed by atoms with Gasteiger partial charge in [-0.25, -0.2) is 0 Å². The first-order chi connectivity index (χ1) is 11.7. The first-order valence-electron chi connectivity index (χ1n) is 8.69. The molecule has 0 aromatic heterocycles. The minimum absolute atomic E-state index is 0.0791. The maximum absolute atomic E-state index is 12.5. The summed E-state index contributed by atoms with van der Waals surface area (Å²) < 4.78 is 16.6. The van der Waals surface area contributed by atoms with Crippen LogP contribution in [0.5, 0.6) is 17.2 Å². The standard InChI is InChI=1S/C19H25NO4/c1-3-15-6-4-5-9-20(15)18(21)8-7-14-12-16(22-2)19-17(13-14)23-10-11-24-19/h7-8,12-13,15H,3-6,9-11H2,1-2H3/b8-7+. The lowest BCUT2D eigenvalue weighted by Gasteiger charge is -2.34. The molecule has 1 saturated heterocycles. The lowest BCUT2D eigenvalue weighted by atomic mass is 10.00. The van der Waals surface area contributed by atoms with E-state index in [1.807, 2.05) is 23.1 Å². The van der Waals surface area contributed by atoms with Crippen molar-refractivity contribution in [3.05, 3.63) is 23.8 Å². The van der Waals surface area contributed by atoms with Gasteiger partial charge in [-0.15, -0.1) is 0 Å². The number of carbonyl (C=O) groups is 1. The molecule has 24 heavy (non-hydrogen) atoms. The van der Waals surface area contributed by atoms with Crippen molar-refractivity contribution in [3.8, 4) is 17.2 Å². The van der Waals surface area contributed by atoms with E-state index in [9.17, 15) is 4.79 Å². The van der Waals surface area contributed by atoms with Gasteiger partial charge in [0.1, 0.15) is 13.2 Å². The van der Waals surface area contributed by atoms with E-state index < -0.39 is 0 Å². The Bertz CT molecular complexity index is 609. The number of rotatable bonds is 4. The minimum atomic E-state index is 0.0791. The molecule has 0 saturated carbocycles. The highest BCUT2D eigenvalue weighted by molar-refractivity contribution is 5.92. The second kappa shape index (κ2) is 7.60. The monoisotopic (exact) mass is 331 g/mol. The van der Waals surface area contributed by atoms with Gasteiger partial charge in [-0.2, -0.15) is 0 Å². The number of nitrogens with zero attached hydrogens (tertiary/aromatic N) is 1. The van der Waals surface area contributed by atoms with Crippen LogP contribution in [-0.4, -0.2) is 43.7 Å². The van der Waals surface area contributed by atoms with Crippen LogP contribution in [0, 0.1) is 0 Å². The molecule has 2 heterocycles. The van der Waals surface area contributed by atoms with Crippen molar-refractivity contribution in [3.63, 3.8) is 0 Å². The molecule has 0 radical (unpaired) electrons. The van der Waals surface area contributed by atoms with Crippen molar-refractivity contribution < 1.29 is 19.0 Å². The molecule has 1 fully saturated rings. The quantitative estimate of drug-likeness (QED) is 0.795. The number of ether oxygens (including phenoxy) is 3. The predicted molar refractivity (Wildman–Crippen MR) is 92.7 cm³/mol. The second-order valence-electron chi connectivity index (χ2n) is 6.17. The van der Waals surface area contributed by atoms with Crippen LogP contribution in [0.4, 0.5) is 0 Å². The normalized spacial score (nSPS) is 20.2. The molecular formula is C19H25NO4. The second-order valence-corrected chi connectivity index (χ2v) is 6.17. The number of methoxy groups -OCH3 is 1. The van der Waals surface area contributed by atoms with Gasteiger partial charge in [0.05, 0.1) is 7.11 Å². The molecule has 5 heteroatoms. The fourth-order valence-corrected chi connectivity index (χ4v) is 3.37. The number of carbonyl (C=O) groups excluding carboxylic acids is 1. The van der Waals surface area contributed by atoms with E-state index in [0.717, 1.165) is 31.4 Å². The van der Waals surface area contributed by atoms with Crippen molar-refractivity contribution in [1.29, 1.82) is 0 Å². The van der Waals surface area contributed by atoms with Crippen LogP contribution >= 0.6 is 0 Å². The zero-order valence-electron chi connectivity index (χ0n) is 14.4. The van der Waals surface area contributed by atoms with Gasteiger partial charge in [0.15, 0.2) is 11.5 Å². The Kier molecular flexibility index (Phi) is 5.28. The molecule has 2 aliphatic rings. The van der Waals surface area contributed by atoms with E-state index in [0.29, 0.717) is 36.5 Å². The summed E-state index contributed by atoms with van der Waals surface area (Å²) in [5, 5.41) is 0. The largest absolute Gasteiger partial charge is 0.493 e. The molecule has 130 valence electrons. The summed E-state index contributed by atoms with van der Waals surface area (Å²) in [6.07, 6.45) is 7.90. The molecule has 3 rings (SSSR count). The van der Waals surface area contributed by atoms with Gasteiger partial charge in [-0.3, -0.25) is 4.79 Å². The zero-order chi connectivity index (χ0) is 16.9. The Morgan fingerprint density at radius 1 is 1.33 bits per heavy atom. The van der Waals surface area contributed by atoms with Gasteiger partial charge in [0, 0.05) is 18.7 Å². The highest BCUT2D eigenvalue weighted by atomic mass is 16.6. The van der Waals surface area contributed by atoms with Gasteiger partial charge in [0.25, 0.3) is 0 Å². The summed E-state index contributed by atoms with van der Waals surface area (Å²) in [5.41, 5.74) is 0.870. The highest BCUT2D eigenvalue weighted by Gasteiger charge is 2.23. The van der Waals surface area contributed by atoms with Gasteiger partial charge < -0.3 is 19.1 Å². The Hall–Kier alpha value is -2.17. The third kappa shape index (κ3) is 3.50. The van der Waals surface area contributed by atoms with Crippen molar-refractivity contribution in [2.24, 2.45) is 0 Å². The average molecular weight is 331 g/mol. The summed E-state index contributed by atoms with van der Waals surface area (Å²) in [5.74, 6) is 2.01. The lowest BCUT2D eigenvalue weighted by Crippen LogP contribution is -2.42. The molecule has 0 bridgehead atoms. The average Bonchev–Trinajstić information content (AvgIpc) is 2.65. The van der Waals surface area contributed by atoms with Crippen LogP contribution in [0.1, 0.15) is 38.2 Å². The molecule has 0 aliphatic carbocycles. The number of hydrogen-bond acceptors (Lipinski definition) is 4. The van der Waals surface area contributed by atoms with Gasteiger partial charge in [-0.05, 0) is 49.5 Å². The van der Waals surface area contributed by atoms with Crippen LogP contribution in [0.15, 0.2) is 18.2 Å². The van der Waals surface area contributed by atoms with E-state index in [1.54, 1.807) is 13.2 Å². The lowest BCUT2D eigenvalue weighted by molar-refractivity contribution is -0.129. The van der Waals surface area contributed by atoms with E-state index in [4.69, 9.17) is 14.2 Å². The summed E-state index contributed by atoms with van der Waals surface area (Å²) in [6.45, 7) is 4.04. The molecule has 0 spiro atoms. The minimum Gasteiger partial charge on any atom is -0.493 e. The van der Waals surface area contributed by atoms with Crippen molar-refractivity contribution in [2.75, 3.05) is 26.9 Å². The third-order valence-electron chi connectivity index (χ3n) is 4.65. The molecule has 1 aromatic carbocycles. The van der Waals surface area contributed by atoms with Crippen molar-refractivity contribution in [2.45, 2.75) is 38.6 Å². The van der Waals surface area contributed by atoms with E-state index in [2.05, 4.69) is 6.92 Å². The molecule has 1 amide bonds. The van der Waals surface area contributed by atoms with Crippen LogP contribution in [-0.2, 0) is 4.79 Å². The molecule has 1 aromatic rings. The van der Waals surface area contributed by atoms with Crippen LogP contribution in [0.25, 0.3) is 6.08 Å². The smallest absolute Gasteiger partial charge is 0.246 e. The Morgan fingerprint density at radius 2 is 2.17 bits per heavy atom. The number of likely N-dealkylation sites (tertiary alicyclic amines) is 1. The van der Waals surface area contributed by atoms with Gasteiger partial charge in [-0.1, -0.05) is 6.92 Å². The Balaban J connectivity index is 1.77. The molecule has 0 N–H and O–H groups in total. The van der Waals surface area contributed by atoms with Crippen LogP contribution < -0.4 is 14.2 Å². The van der Waals surface area contributed by atoms with Gasteiger partial charge in [0.2, 0.25) is 11.7 Å². The molecule has 2 aliphatic heterocycles. The maximum Gasteiger partial charge on any atom is 0.246 e. The molecule has 1 unspecified atom stereocenters. The molecular weight excluding hydrogens is 306 g/mol. The fourth-order valence-electron chi connectivity index (χ4n) is 3.37. The summed E-state index contributed by atoms with van der Waals surface area (Å²) in [6, 6.07) is 4.12. The van der Waals surface area contributed by atoms with Crippen LogP contribution in [0.2, 0.25) is 0 Å². The topological polar surface area (TPSA) is 48.0 Å². The summed E-state index contributed by atoms with van der Waals surface area (Å²) in [4.78, 5) is 14.5. The number of fused-ring (bicyclic) bond motifs is 1.